The summed E-state index contributed by atoms with van der Waals surface area (Å²) in [5, 5.41) is 34.4. The maximum Gasteiger partial charge on any atom is 0.261 e. The summed E-state index contributed by atoms with van der Waals surface area (Å²) in [6.45, 7) is 0. The normalized spacial score (nSPS) is 13.2. The lowest BCUT2D eigenvalue weighted by atomic mass is 9.90. The topological polar surface area (TPSA) is 93.0 Å². The predicted octanol–water partition coefficient (Wildman–Crippen LogP) is 13.5. The van der Waals surface area contributed by atoms with Crippen molar-refractivity contribution in [1.29, 1.82) is 10.5 Å². The Kier molecular flexibility index (Phi) is 9.29. The lowest BCUT2D eigenvalue weighted by Crippen LogP contribution is -2.29. The Balaban J connectivity index is 1.20. The predicted molar refractivity (Wildman–Crippen MR) is 256 cm³/mol. The van der Waals surface area contributed by atoms with Crippen LogP contribution >= 0.6 is 0 Å². The summed E-state index contributed by atoms with van der Waals surface area (Å²) >= 11 is 0. The molecule has 0 spiro atoms. The number of rotatable bonds is 7. The molecule has 0 bridgehead atoms. The van der Waals surface area contributed by atoms with E-state index < -0.39 is 6.23 Å². The first-order valence-corrected chi connectivity index (χ1v) is 21.1. The van der Waals surface area contributed by atoms with Crippen molar-refractivity contribution >= 4 is 33.4 Å². The Morgan fingerprint density at radius 2 is 0.844 bits per heavy atom. The van der Waals surface area contributed by atoms with Crippen molar-refractivity contribution in [2.45, 2.75) is 6.23 Å². The second-order valence-electron chi connectivity index (χ2n) is 15.9. The molecule has 64 heavy (non-hydrogen) atoms. The number of amides is 1. The summed E-state index contributed by atoms with van der Waals surface area (Å²) in [7, 11) is 0. The highest BCUT2D eigenvalue weighted by atomic mass is 16.3. The minimum Gasteiger partial charge on any atom is -0.369 e. The maximum absolute atomic E-state index is 15.4. The Bertz CT molecular complexity index is 3350. The van der Waals surface area contributed by atoms with Crippen LogP contribution < -0.4 is 4.90 Å². The summed E-state index contributed by atoms with van der Waals surface area (Å²) in [5.74, 6) is -0.313. The zero-order chi connectivity index (χ0) is 43.3. The van der Waals surface area contributed by atoms with Crippen LogP contribution in [-0.4, -0.2) is 15.6 Å². The first-order valence-electron chi connectivity index (χ1n) is 21.1. The minimum absolute atomic E-state index is 0.313. The van der Waals surface area contributed by atoms with E-state index in [-0.39, 0.29) is 5.91 Å². The van der Waals surface area contributed by atoms with Crippen LogP contribution in [0.15, 0.2) is 206 Å². The highest BCUT2D eigenvalue weighted by Gasteiger charge is 2.42. The number of aliphatic hydroxyl groups excluding tert-OH is 1. The zero-order valence-electron chi connectivity index (χ0n) is 34.4. The first-order chi connectivity index (χ1) is 31.5. The molecule has 0 radical (unpaired) electrons. The first kappa shape index (κ1) is 38.1. The monoisotopic (exact) mass is 820 g/mol. The maximum atomic E-state index is 15.4. The van der Waals surface area contributed by atoms with E-state index in [0.29, 0.717) is 33.6 Å². The molecule has 11 rings (SSSR count). The lowest BCUT2D eigenvalue weighted by Gasteiger charge is -2.28. The van der Waals surface area contributed by atoms with Gasteiger partial charge in [-0.05, 0) is 81.9 Å². The van der Waals surface area contributed by atoms with Gasteiger partial charge in [-0.15, -0.1) is 0 Å². The van der Waals surface area contributed by atoms with Crippen molar-refractivity contribution in [3.8, 4) is 73.5 Å². The van der Waals surface area contributed by atoms with Crippen LogP contribution in [0.4, 0.5) is 5.69 Å². The summed E-state index contributed by atoms with van der Waals surface area (Å²) < 4.78 is 2.19. The van der Waals surface area contributed by atoms with E-state index in [1.807, 2.05) is 158 Å². The number of fused-ring (bicyclic) bond motifs is 4. The van der Waals surface area contributed by atoms with Gasteiger partial charge in [0.25, 0.3) is 5.91 Å². The molecule has 1 unspecified atom stereocenters. The van der Waals surface area contributed by atoms with Gasteiger partial charge in [-0.2, -0.15) is 10.5 Å². The molecule has 1 aliphatic rings. The van der Waals surface area contributed by atoms with Crippen molar-refractivity contribution in [3.05, 3.63) is 229 Å². The number of carbonyl (C=O) groups excluding carboxylic acids is 1. The second kappa shape index (κ2) is 15.6. The van der Waals surface area contributed by atoms with E-state index >= 15 is 4.79 Å². The van der Waals surface area contributed by atoms with Gasteiger partial charge in [0.05, 0.1) is 45.7 Å². The quantitative estimate of drug-likeness (QED) is 0.173. The molecular formula is C58H36N4O2. The van der Waals surface area contributed by atoms with Gasteiger partial charge in [-0.3, -0.25) is 9.69 Å². The molecule has 0 aliphatic carbocycles. The zero-order valence-corrected chi connectivity index (χ0v) is 34.4. The molecule has 6 heteroatoms. The Hall–Kier alpha value is -8.81. The SMILES string of the molecule is N#Cc1ccc(-c2cccc3c4cccc(-c5ccc(C#N)cc5)c4n(-c4cccc5c4C(O)N(c4c(-c6ccccc6)cc(-c6ccccc6)cc4-c4ccccc4)C5=O)c23)cc1. The number of nitriles is 2. The molecule has 1 atom stereocenters. The van der Waals surface area contributed by atoms with Crippen LogP contribution in [0, 0.1) is 22.7 Å². The molecule has 1 amide bonds. The second-order valence-corrected chi connectivity index (χ2v) is 15.9. The summed E-state index contributed by atoms with van der Waals surface area (Å²) in [6, 6.07) is 72.3. The van der Waals surface area contributed by atoms with Gasteiger partial charge in [0.1, 0.15) is 0 Å². The smallest absolute Gasteiger partial charge is 0.261 e. The van der Waals surface area contributed by atoms with Gasteiger partial charge >= 0.3 is 0 Å². The lowest BCUT2D eigenvalue weighted by molar-refractivity contribution is 0.0935. The molecule has 9 aromatic carbocycles. The van der Waals surface area contributed by atoms with Gasteiger partial charge in [0.2, 0.25) is 0 Å². The van der Waals surface area contributed by atoms with Gasteiger partial charge in [0.15, 0.2) is 6.23 Å². The molecule has 1 aliphatic heterocycles. The van der Waals surface area contributed by atoms with Crippen LogP contribution in [0.25, 0.3) is 83.1 Å². The largest absolute Gasteiger partial charge is 0.369 e. The molecule has 0 saturated heterocycles. The Labute approximate surface area is 370 Å². The Morgan fingerprint density at radius 1 is 0.422 bits per heavy atom. The molecular weight excluding hydrogens is 785 g/mol. The molecule has 0 saturated carbocycles. The molecule has 2 heterocycles. The van der Waals surface area contributed by atoms with Crippen molar-refractivity contribution in [3.63, 3.8) is 0 Å². The standard InChI is InChI=1S/C58H36N4O2/c59-35-37-25-29-42(30-26-37)45-19-10-21-47-48-22-11-20-46(43-31-27-38(36-60)28-32-43)55(48)61(54(45)47)52-24-12-23-49-53(52)58(64)62(57(49)63)56-50(40-15-6-2-7-16-40)33-44(39-13-4-1-5-14-39)34-51(56)41-17-8-3-9-18-41/h1-34,58,64H. The number of aromatic nitrogens is 1. The number of anilines is 1. The summed E-state index contributed by atoms with van der Waals surface area (Å²) in [5.41, 5.74) is 14.2. The van der Waals surface area contributed by atoms with E-state index in [1.54, 1.807) is 4.90 Å². The number of hydrogen-bond acceptors (Lipinski definition) is 4. The third-order valence-corrected chi connectivity index (χ3v) is 12.4. The minimum atomic E-state index is -1.39. The van der Waals surface area contributed by atoms with Crippen molar-refractivity contribution in [1.82, 2.24) is 4.57 Å². The number of aliphatic hydroxyl groups is 1. The van der Waals surface area contributed by atoms with Crippen molar-refractivity contribution < 1.29 is 9.90 Å². The van der Waals surface area contributed by atoms with E-state index in [9.17, 15) is 15.6 Å². The number of nitrogens with zero attached hydrogens (tertiary/aromatic N) is 4. The van der Waals surface area contributed by atoms with Gasteiger partial charge in [0, 0.05) is 44.2 Å². The fourth-order valence-corrected chi connectivity index (χ4v) is 9.44. The van der Waals surface area contributed by atoms with Crippen LogP contribution in [0.1, 0.15) is 33.3 Å². The van der Waals surface area contributed by atoms with E-state index in [4.69, 9.17) is 0 Å². The molecule has 1 N–H and O–H groups in total. The third-order valence-electron chi connectivity index (χ3n) is 12.4. The number of hydrogen-bond donors (Lipinski definition) is 1. The van der Waals surface area contributed by atoms with Crippen molar-refractivity contribution in [2.24, 2.45) is 0 Å². The van der Waals surface area contributed by atoms with Crippen LogP contribution in [0.5, 0.6) is 0 Å². The van der Waals surface area contributed by atoms with Crippen LogP contribution in [0.2, 0.25) is 0 Å². The average Bonchev–Trinajstić information content (AvgIpc) is 3.84. The molecule has 6 nitrogen and oxygen atoms in total. The van der Waals surface area contributed by atoms with E-state index in [0.717, 1.165) is 77.4 Å². The number of para-hydroxylation sites is 2. The fraction of sp³-hybridized carbons (Fsp3) is 0.0172. The number of carbonyl (C=O) groups is 1. The molecule has 0 fully saturated rings. The third kappa shape index (κ3) is 6.17. The van der Waals surface area contributed by atoms with Gasteiger partial charge < -0.3 is 9.67 Å². The van der Waals surface area contributed by atoms with Crippen molar-refractivity contribution in [2.75, 3.05) is 4.90 Å². The molecule has 1 aromatic heterocycles. The molecule has 300 valence electrons. The fourth-order valence-electron chi connectivity index (χ4n) is 9.44. The molecule has 10 aromatic rings. The van der Waals surface area contributed by atoms with Crippen LogP contribution in [0.3, 0.4) is 0 Å². The van der Waals surface area contributed by atoms with Crippen LogP contribution in [-0.2, 0) is 0 Å². The average molecular weight is 821 g/mol. The van der Waals surface area contributed by atoms with E-state index in [2.05, 4.69) is 65.2 Å². The highest BCUT2D eigenvalue weighted by molar-refractivity contribution is 6.19. The summed E-state index contributed by atoms with van der Waals surface area (Å²) in [6.07, 6.45) is -1.39. The van der Waals surface area contributed by atoms with Gasteiger partial charge in [-0.1, -0.05) is 158 Å². The number of benzene rings is 9. The summed E-state index contributed by atoms with van der Waals surface area (Å²) in [4.78, 5) is 17.0. The highest BCUT2D eigenvalue weighted by Crippen LogP contribution is 2.51. The van der Waals surface area contributed by atoms with Gasteiger partial charge in [-0.25, -0.2) is 0 Å². The Morgan fingerprint density at radius 3 is 1.31 bits per heavy atom. The van der Waals surface area contributed by atoms with E-state index in [1.165, 1.54) is 0 Å².